The number of benzene rings is 2. The Morgan fingerprint density at radius 3 is 2.74 bits per heavy atom. The second-order valence-corrected chi connectivity index (χ2v) is 13.6. The molecule has 2 atom stereocenters. The highest BCUT2D eigenvalue weighted by molar-refractivity contribution is 8.01. The molecule has 0 saturated carbocycles. The molecule has 198 valence electrons. The minimum Gasteiger partial charge on any atom is -0.439 e. The van der Waals surface area contributed by atoms with Gasteiger partial charge >= 0.3 is 0 Å². The second kappa shape index (κ2) is 10.3. The highest BCUT2D eigenvalue weighted by Gasteiger charge is 2.29. The Hall–Kier alpha value is -2.80. The molecule has 7 rings (SSSR count). The number of anilines is 2. The summed E-state index contributed by atoms with van der Waals surface area (Å²) in [6.45, 7) is 0. The molecule has 3 aromatic rings. The summed E-state index contributed by atoms with van der Waals surface area (Å²) in [5, 5.41) is 2.48. The first-order valence-corrected chi connectivity index (χ1v) is 16.6. The summed E-state index contributed by atoms with van der Waals surface area (Å²) in [6, 6.07) is 17.6. The lowest BCUT2D eigenvalue weighted by atomic mass is 9.77. The van der Waals surface area contributed by atoms with Gasteiger partial charge in [0.1, 0.15) is 0 Å². The third kappa shape index (κ3) is 4.77. The van der Waals surface area contributed by atoms with Crippen LogP contribution in [0, 0.1) is 5.92 Å². The van der Waals surface area contributed by atoms with E-state index in [0.717, 1.165) is 23.7 Å². The van der Waals surface area contributed by atoms with Crippen molar-refractivity contribution in [3.63, 3.8) is 0 Å². The molecular formula is C33H32N2OS3. The Morgan fingerprint density at radius 1 is 1.00 bits per heavy atom. The molecule has 2 aromatic carbocycles. The monoisotopic (exact) mass is 568 g/mol. The van der Waals surface area contributed by atoms with Gasteiger partial charge in [-0.3, -0.25) is 0 Å². The number of nitrogens with zero attached hydrogens (tertiary/aromatic N) is 2. The zero-order valence-corrected chi connectivity index (χ0v) is 25.0. The topological polar surface area (TPSA) is 15.7 Å². The molecule has 0 bridgehead atoms. The molecule has 3 nitrogen and oxygen atoms in total. The van der Waals surface area contributed by atoms with E-state index < -0.39 is 0 Å². The van der Waals surface area contributed by atoms with Crippen LogP contribution in [0.1, 0.15) is 25.7 Å². The molecule has 39 heavy (non-hydrogen) atoms. The molecule has 0 fully saturated rings. The van der Waals surface area contributed by atoms with Crippen LogP contribution in [0.5, 0.6) is 5.75 Å². The van der Waals surface area contributed by atoms with Crippen molar-refractivity contribution >= 4 is 46.2 Å². The number of thiophene rings is 1. The highest BCUT2D eigenvalue weighted by atomic mass is 32.2. The maximum absolute atomic E-state index is 6.31. The highest BCUT2D eigenvalue weighted by Crippen LogP contribution is 2.46. The van der Waals surface area contributed by atoms with Crippen LogP contribution < -0.4 is 14.5 Å². The van der Waals surface area contributed by atoms with Gasteiger partial charge in [-0.2, -0.15) is 0 Å². The van der Waals surface area contributed by atoms with Gasteiger partial charge in [0, 0.05) is 34.8 Å². The van der Waals surface area contributed by atoms with Gasteiger partial charge in [-0.25, -0.2) is 0 Å². The molecule has 0 N–H and O–H groups in total. The fourth-order valence-corrected chi connectivity index (χ4v) is 8.52. The minimum absolute atomic E-state index is 0.354. The second-order valence-electron chi connectivity index (χ2n) is 10.6. The van der Waals surface area contributed by atoms with Gasteiger partial charge < -0.3 is 14.5 Å². The van der Waals surface area contributed by atoms with Crippen molar-refractivity contribution in [3.05, 3.63) is 101 Å². The van der Waals surface area contributed by atoms with E-state index in [1.807, 2.05) is 23.5 Å². The average molecular weight is 569 g/mol. The fourth-order valence-electron chi connectivity index (χ4n) is 5.98. The fraction of sp³-hybridized carbons (Fsp3) is 0.273. The number of ether oxygens (including phenoxy) is 1. The van der Waals surface area contributed by atoms with Crippen LogP contribution in [0.3, 0.4) is 0 Å². The summed E-state index contributed by atoms with van der Waals surface area (Å²) in [5.41, 5.74) is 8.03. The van der Waals surface area contributed by atoms with Crippen molar-refractivity contribution in [2.75, 3.05) is 30.2 Å². The van der Waals surface area contributed by atoms with Gasteiger partial charge in [-0.1, -0.05) is 30.0 Å². The number of fused-ring (bicyclic) bond motifs is 3. The normalized spacial score (nSPS) is 23.9. The third-order valence-electron chi connectivity index (χ3n) is 8.25. The van der Waals surface area contributed by atoms with Gasteiger partial charge in [0.05, 0.1) is 16.7 Å². The molecule has 0 spiro atoms. The SMILES string of the molecule is CSc1ccc2c(c1)SC(C=C1C=C3C=C(C=C4Oc5ccc(-c6cccs6)cc5N4C)CCC3CC1)N2C. The Labute approximate surface area is 243 Å². The first kappa shape index (κ1) is 25.2. The summed E-state index contributed by atoms with van der Waals surface area (Å²) in [4.78, 5) is 8.62. The van der Waals surface area contributed by atoms with Crippen molar-refractivity contribution < 1.29 is 4.74 Å². The maximum atomic E-state index is 6.31. The van der Waals surface area contributed by atoms with Crippen molar-refractivity contribution in [2.24, 2.45) is 5.92 Å². The van der Waals surface area contributed by atoms with Crippen LogP contribution in [0.4, 0.5) is 11.4 Å². The van der Waals surface area contributed by atoms with E-state index >= 15 is 0 Å². The molecule has 4 aliphatic rings. The molecular weight excluding hydrogens is 537 g/mol. The lowest BCUT2D eigenvalue weighted by molar-refractivity contribution is 0.441. The Bertz CT molecular complexity index is 1550. The summed E-state index contributed by atoms with van der Waals surface area (Å²) < 4.78 is 6.31. The molecule has 3 heterocycles. The zero-order chi connectivity index (χ0) is 26.5. The van der Waals surface area contributed by atoms with Crippen LogP contribution in [-0.2, 0) is 0 Å². The minimum atomic E-state index is 0.354. The zero-order valence-electron chi connectivity index (χ0n) is 22.5. The van der Waals surface area contributed by atoms with E-state index in [1.165, 1.54) is 61.9 Å². The van der Waals surface area contributed by atoms with E-state index in [2.05, 4.69) is 108 Å². The number of rotatable bonds is 4. The first-order valence-electron chi connectivity index (χ1n) is 13.6. The van der Waals surface area contributed by atoms with Crippen molar-refractivity contribution in [3.8, 4) is 16.2 Å². The number of hydrogen-bond donors (Lipinski definition) is 0. The van der Waals surface area contributed by atoms with Crippen LogP contribution in [0.2, 0.25) is 0 Å². The van der Waals surface area contributed by atoms with E-state index in [-0.39, 0.29) is 0 Å². The number of thioether (sulfide) groups is 2. The molecule has 0 saturated heterocycles. The standard InChI is InChI=1S/C33H32N2OS3/c1-34-28-19-24(30-5-4-14-38-30)10-13-29(28)36-32(34)17-21-6-8-23-9-7-22(16-25(23)15-21)18-33-35(2)27-12-11-26(37-3)20-31(27)39-33/h4-5,10-20,23,33H,6-9H2,1-3H3. The summed E-state index contributed by atoms with van der Waals surface area (Å²) in [5.74, 6) is 2.52. The maximum Gasteiger partial charge on any atom is 0.200 e. The van der Waals surface area contributed by atoms with Crippen molar-refractivity contribution in [1.82, 2.24) is 0 Å². The smallest absolute Gasteiger partial charge is 0.200 e. The van der Waals surface area contributed by atoms with E-state index in [1.54, 1.807) is 11.3 Å². The van der Waals surface area contributed by atoms with Gasteiger partial charge in [0.2, 0.25) is 5.88 Å². The molecule has 2 aliphatic heterocycles. The van der Waals surface area contributed by atoms with Crippen LogP contribution >= 0.6 is 34.9 Å². The molecule has 2 unspecified atom stereocenters. The van der Waals surface area contributed by atoms with E-state index in [0.29, 0.717) is 11.3 Å². The Kier molecular flexibility index (Phi) is 6.66. The molecule has 2 aliphatic carbocycles. The number of hydrogen-bond acceptors (Lipinski definition) is 6. The van der Waals surface area contributed by atoms with Crippen LogP contribution in [-0.4, -0.2) is 25.7 Å². The predicted molar refractivity (Wildman–Crippen MR) is 169 cm³/mol. The summed E-state index contributed by atoms with van der Waals surface area (Å²) >= 11 is 5.56. The molecule has 0 amide bonds. The summed E-state index contributed by atoms with van der Waals surface area (Å²) in [7, 11) is 4.33. The van der Waals surface area contributed by atoms with Gasteiger partial charge in [-0.05, 0) is 114 Å². The predicted octanol–water partition coefficient (Wildman–Crippen LogP) is 9.36. The molecule has 0 radical (unpaired) electrons. The largest absolute Gasteiger partial charge is 0.439 e. The van der Waals surface area contributed by atoms with E-state index in [4.69, 9.17) is 4.74 Å². The number of likely N-dealkylation sites (N-methyl/N-ethyl adjacent to an activating group) is 1. The average Bonchev–Trinajstić information content (AvgIpc) is 3.67. The van der Waals surface area contributed by atoms with Gasteiger partial charge in [0.15, 0.2) is 5.75 Å². The Morgan fingerprint density at radius 2 is 1.90 bits per heavy atom. The van der Waals surface area contributed by atoms with Crippen LogP contribution in [0.25, 0.3) is 10.4 Å². The lowest BCUT2D eigenvalue weighted by Gasteiger charge is -2.29. The van der Waals surface area contributed by atoms with E-state index in [9.17, 15) is 0 Å². The van der Waals surface area contributed by atoms with Crippen LogP contribution in [0.15, 0.2) is 111 Å². The number of allylic oxidation sites excluding steroid dienone is 6. The molecule has 1 aromatic heterocycles. The first-order chi connectivity index (χ1) is 19.1. The lowest BCUT2D eigenvalue weighted by Crippen LogP contribution is -2.23. The van der Waals surface area contributed by atoms with Crippen molar-refractivity contribution in [2.45, 2.75) is 40.8 Å². The summed E-state index contributed by atoms with van der Waals surface area (Å²) in [6.07, 6.45) is 16.5. The van der Waals surface area contributed by atoms with Gasteiger partial charge in [0.25, 0.3) is 0 Å². The third-order valence-corrected chi connectivity index (χ3v) is 11.2. The quantitative estimate of drug-likeness (QED) is 0.291. The van der Waals surface area contributed by atoms with Gasteiger partial charge in [-0.15, -0.1) is 23.1 Å². The Balaban J connectivity index is 1.11. The van der Waals surface area contributed by atoms with Crippen molar-refractivity contribution in [1.29, 1.82) is 0 Å². The molecule has 6 heteroatoms.